The maximum Gasteiger partial charge on any atom is 0.337 e. The number of carbonyl (C=O) groups is 2. The first-order valence-electron chi connectivity index (χ1n) is 6.58. The molecule has 110 valence electrons. The van der Waals surface area contributed by atoms with Crippen molar-refractivity contribution in [2.45, 2.75) is 26.7 Å². The Morgan fingerprint density at radius 2 is 1.85 bits per heavy atom. The molecule has 1 aromatic carbocycles. The van der Waals surface area contributed by atoms with Gasteiger partial charge in [-0.25, -0.2) is 14.0 Å². The highest BCUT2D eigenvalue weighted by atomic mass is 19.1. The number of benzene rings is 1. The zero-order valence-electron chi connectivity index (χ0n) is 11.6. The van der Waals surface area contributed by atoms with Crippen molar-refractivity contribution in [1.29, 1.82) is 0 Å². The summed E-state index contributed by atoms with van der Waals surface area (Å²) in [6.45, 7) is 5.08. The minimum Gasteiger partial charge on any atom is -0.478 e. The molecule has 6 heteroatoms. The number of rotatable bonds is 6. The van der Waals surface area contributed by atoms with E-state index in [1.54, 1.807) is 4.90 Å². The normalized spacial score (nSPS) is 10.2. The van der Waals surface area contributed by atoms with Gasteiger partial charge in [0.1, 0.15) is 5.82 Å². The molecule has 20 heavy (non-hydrogen) atoms. The van der Waals surface area contributed by atoms with E-state index < -0.39 is 11.8 Å². The van der Waals surface area contributed by atoms with Gasteiger partial charge in [-0.3, -0.25) is 0 Å². The van der Waals surface area contributed by atoms with Crippen LogP contribution in [0.1, 0.15) is 37.0 Å². The number of urea groups is 1. The van der Waals surface area contributed by atoms with Crippen molar-refractivity contribution in [1.82, 2.24) is 4.90 Å². The topological polar surface area (TPSA) is 69.6 Å². The second-order valence-corrected chi connectivity index (χ2v) is 4.41. The number of amides is 2. The fourth-order valence-electron chi connectivity index (χ4n) is 1.85. The number of hydrogen-bond acceptors (Lipinski definition) is 2. The van der Waals surface area contributed by atoms with Gasteiger partial charge in [-0.1, -0.05) is 13.8 Å². The van der Waals surface area contributed by atoms with Gasteiger partial charge in [0.15, 0.2) is 0 Å². The van der Waals surface area contributed by atoms with E-state index in [4.69, 9.17) is 5.11 Å². The lowest BCUT2D eigenvalue weighted by atomic mass is 10.1. The third-order valence-corrected chi connectivity index (χ3v) is 2.73. The van der Waals surface area contributed by atoms with Crippen LogP contribution in [-0.4, -0.2) is 35.1 Å². The van der Waals surface area contributed by atoms with E-state index in [9.17, 15) is 14.0 Å². The van der Waals surface area contributed by atoms with E-state index in [0.29, 0.717) is 13.1 Å². The average Bonchev–Trinajstić information content (AvgIpc) is 2.40. The Morgan fingerprint density at radius 3 is 2.35 bits per heavy atom. The lowest BCUT2D eigenvalue weighted by Crippen LogP contribution is -2.36. The highest BCUT2D eigenvalue weighted by molar-refractivity contribution is 6.00. The van der Waals surface area contributed by atoms with Gasteiger partial charge < -0.3 is 15.3 Å². The molecule has 5 nitrogen and oxygen atoms in total. The van der Waals surface area contributed by atoms with E-state index >= 15 is 0 Å². The maximum atomic E-state index is 13.1. The Hall–Kier alpha value is -2.11. The predicted molar refractivity (Wildman–Crippen MR) is 74.5 cm³/mol. The molecule has 0 saturated carbocycles. The van der Waals surface area contributed by atoms with Crippen LogP contribution in [-0.2, 0) is 0 Å². The largest absolute Gasteiger partial charge is 0.478 e. The Balaban J connectivity index is 2.91. The summed E-state index contributed by atoms with van der Waals surface area (Å²) >= 11 is 0. The number of hydrogen-bond donors (Lipinski definition) is 2. The Morgan fingerprint density at radius 1 is 1.25 bits per heavy atom. The Labute approximate surface area is 117 Å². The van der Waals surface area contributed by atoms with E-state index in [1.807, 2.05) is 13.8 Å². The molecule has 1 rings (SSSR count). The van der Waals surface area contributed by atoms with Crippen LogP contribution in [0.25, 0.3) is 0 Å². The number of halogens is 1. The molecule has 2 amide bonds. The molecule has 0 bridgehead atoms. The zero-order chi connectivity index (χ0) is 15.1. The van der Waals surface area contributed by atoms with Gasteiger partial charge >= 0.3 is 12.0 Å². The molecular formula is C14H19FN2O3. The third-order valence-electron chi connectivity index (χ3n) is 2.73. The van der Waals surface area contributed by atoms with Crippen molar-refractivity contribution in [3.8, 4) is 0 Å². The second kappa shape index (κ2) is 7.47. The van der Waals surface area contributed by atoms with Crippen LogP contribution in [0.15, 0.2) is 18.2 Å². The van der Waals surface area contributed by atoms with E-state index in [-0.39, 0.29) is 17.3 Å². The lowest BCUT2D eigenvalue weighted by Gasteiger charge is -2.22. The highest BCUT2D eigenvalue weighted by Crippen LogP contribution is 2.17. The van der Waals surface area contributed by atoms with Gasteiger partial charge in [0.25, 0.3) is 0 Å². The molecule has 0 aromatic heterocycles. The Bertz CT molecular complexity index is 485. The molecule has 1 aromatic rings. The van der Waals surface area contributed by atoms with E-state index in [1.165, 1.54) is 6.07 Å². The lowest BCUT2D eigenvalue weighted by molar-refractivity contribution is 0.0697. The molecule has 0 aliphatic carbocycles. The molecule has 0 atom stereocenters. The molecule has 0 unspecified atom stereocenters. The quantitative estimate of drug-likeness (QED) is 0.842. The first-order valence-corrected chi connectivity index (χ1v) is 6.58. The molecule has 0 aliphatic heterocycles. The summed E-state index contributed by atoms with van der Waals surface area (Å²) in [6, 6.07) is 2.89. The number of carboxylic acid groups (broad SMARTS) is 1. The SMILES string of the molecule is CCCN(CCC)C(=O)Nc1ccc(F)cc1C(=O)O. The summed E-state index contributed by atoms with van der Waals surface area (Å²) in [4.78, 5) is 24.7. The van der Waals surface area contributed by atoms with Crippen molar-refractivity contribution in [3.05, 3.63) is 29.6 Å². The van der Waals surface area contributed by atoms with Crippen molar-refractivity contribution in [2.75, 3.05) is 18.4 Å². The van der Waals surface area contributed by atoms with Crippen LogP contribution in [0.3, 0.4) is 0 Å². The minimum absolute atomic E-state index is 0.0982. The summed E-state index contributed by atoms with van der Waals surface area (Å²) < 4.78 is 13.1. The van der Waals surface area contributed by atoms with E-state index in [2.05, 4.69) is 5.32 Å². The second-order valence-electron chi connectivity index (χ2n) is 4.41. The van der Waals surface area contributed by atoms with E-state index in [0.717, 1.165) is 25.0 Å². The van der Waals surface area contributed by atoms with Crippen molar-refractivity contribution >= 4 is 17.7 Å². The van der Waals surface area contributed by atoms with Gasteiger partial charge in [0.05, 0.1) is 11.3 Å². The summed E-state index contributed by atoms with van der Waals surface area (Å²) in [6.07, 6.45) is 1.62. The molecule has 0 fully saturated rings. The summed E-state index contributed by atoms with van der Waals surface area (Å²) in [5.74, 6) is -1.93. The smallest absolute Gasteiger partial charge is 0.337 e. The molecule has 0 spiro atoms. The first kappa shape index (κ1) is 15.9. The van der Waals surface area contributed by atoms with Crippen molar-refractivity contribution < 1.29 is 19.1 Å². The average molecular weight is 282 g/mol. The number of nitrogens with zero attached hydrogens (tertiary/aromatic N) is 1. The summed E-state index contributed by atoms with van der Waals surface area (Å²) in [7, 11) is 0. The number of carbonyl (C=O) groups excluding carboxylic acids is 1. The number of anilines is 1. The first-order chi connectivity index (χ1) is 9.49. The van der Waals surface area contributed by atoms with Crippen LogP contribution in [0.5, 0.6) is 0 Å². The van der Waals surface area contributed by atoms with Crippen LogP contribution in [0.4, 0.5) is 14.9 Å². The van der Waals surface area contributed by atoms with Gasteiger partial charge in [-0.15, -0.1) is 0 Å². The monoisotopic (exact) mass is 282 g/mol. The zero-order valence-corrected chi connectivity index (χ0v) is 11.6. The fraction of sp³-hybridized carbons (Fsp3) is 0.429. The number of carboxylic acids is 1. The van der Waals surface area contributed by atoms with Gasteiger partial charge in [-0.05, 0) is 31.0 Å². The van der Waals surface area contributed by atoms with Crippen molar-refractivity contribution in [2.24, 2.45) is 0 Å². The van der Waals surface area contributed by atoms with Crippen LogP contribution < -0.4 is 5.32 Å². The molecule has 0 aliphatic rings. The van der Waals surface area contributed by atoms with Crippen molar-refractivity contribution in [3.63, 3.8) is 0 Å². The number of nitrogens with one attached hydrogen (secondary N) is 1. The summed E-state index contributed by atoms with van der Waals surface area (Å²) in [5, 5.41) is 11.5. The molecule has 0 heterocycles. The van der Waals surface area contributed by atoms with Gasteiger partial charge in [0, 0.05) is 13.1 Å². The van der Waals surface area contributed by atoms with Crippen LogP contribution in [0, 0.1) is 5.82 Å². The van der Waals surface area contributed by atoms with Crippen LogP contribution in [0.2, 0.25) is 0 Å². The molecule has 0 saturated heterocycles. The molecular weight excluding hydrogens is 263 g/mol. The predicted octanol–water partition coefficient (Wildman–Crippen LogP) is 3.18. The van der Waals surface area contributed by atoms with Gasteiger partial charge in [-0.2, -0.15) is 0 Å². The Kier molecular flexibility index (Phi) is 5.96. The highest BCUT2D eigenvalue weighted by Gasteiger charge is 2.16. The standard InChI is InChI=1S/C14H19FN2O3/c1-3-7-17(8-4-2)14(20)16-12-6-5-10(15)9-11(12)13(18)19/h5-6,9H,3-4,7-8H2,1-2H3,(H,16,20)(H,18,19). The number of aromatic carboxylic acids is 1. The molecule has 2 N–H and O–H groups in total. The third kappa shape index (κ3) is 4.22. The van der Waals surface area contributed by atoms with Crippen LogP contribution >= 0.6 is 0 Å². The maximum absolute atomic E-state index is 13.1. The minimum atomic E-state index is -1.28. The molecule has 0 radical (unpaired) electrons. The fourth-order valence-corrected chi connectivity index (χ4v) is 1.85. The summed E-state index contributed by atoms with van der Waals surface area (Å²) in [5.41, 5.74) is -0.160. The van der Waals surface area contributed by atoms with Gasteiger partial charge in [0.2, 0.25) is 0 Å².